The van der Waals surface area contributed by atoms with Gasteiger partial charge in [-0.3, -0.25) is 9.69 Å². The minimum Gasteiger partial charge on any atom is -0.406 e. The molecule has 0 atom stereocenters. The normalized spacial score (nSPS) is 15.7. The van der Waals surface area contributed by atoms with Crippen LogP contribution >= 0.6 is 43.6 Å². The number of amides is 1. The number of nitrogens with zero attached hydrogens (tertiary/aromatic N) is 5. The van der Waals surface area contributed by atoms with Crippen molar-refractivity contribution in [3.05, 3.63) is 86.8 Å². The number of carbonyl (C=O) groups is 1. The summed E-state index contributed by atoms with van der Waals surface area (Å²) < 4.78 is 42.0. The average molecular weight is 682 g/mol. The van der Waals surface area contributed by atoms with Crippen molar-refractivity contribution in [2.75, 3.05) is 10.7 Å². The molecule has 0 aromatic heterocycles. The van der Waals surface area contributed by atoms with Crippen LogP contribution in [0.1, 0.15) is 11.1 Å². The molecule has 0 bridgehead atoms. The second-order valence-electron chi connectivity index (χ2n) is 7.64. The van der Waals surface area contributed by atoms with Crippen LogP contribution in [-0.4, -0.2) is 41.6 Å². The predicted octanol–water partition coefficient (Wildman–Crippen LogP) is 6.65. The van der Waals surface area contributed by atoms with Crippen molar-refractivity contribution in [3.8, 4) is 5.75 Å². The molecule has 2 N–H and O–H groups in total. The number of alkyl halides is 3. The third kappa shape index (κ3) is 7.77. The number of rotatable bonds is 7. The molecular weight excluding hydrogens is 665 g/mol. The minimum absolute atomic E-state index is 0.100. The lowest BCUT2D eigenvalue weighted by Crippen LogP contribution is -2.29. The average Bonchev–Trinajstić information content (AvgIpc) is 3.24. The van der Waals surface area contributed by atoms with Crippen LogP contribution in [-0.2, 0) is 4.79 Å². The molecule has 39 heavy (non-hydrogen) atoms. The second kappa shape index (κ2) is 12.6. The Morgan fingerprint density at radius 2 is 1.69 bits per heavy atom. The molecule has 3 aromatic rings. The molecule has 1 fully saturated rings. The SMILES string of the molecule is NC(=NC=Nc1ccc(OC(F)(F)F)cc1)c1ccc(/C=N/N=C2\SCC(=O)N2c2c(Br)cccc2Br)cc1. The number of halogens is 5. The van der Waals surface area contributed by atoms with Gasteiger partial charge in [-0.25, -0.2) is 9.98 Å². The van der Waals surface area contributed by atoms with Crippen LogP contribution in [0.25, 0.3) is 0 Å². The van der Waals surface area contributed by atoms with Crippen LogP contribution in [0.15, 0.2) is 95.9 Å². The molecule has 200 valence electrons. The molecule has 0 spiro atoms. The Morgan fingerprint density at radius 3 is 2.33 bits per heavy atom. The standard InChI is InChI=1S/C25H17Br2F3N6O2S/c26-19-2-1-3-20(27)22(19)36-21(37)13-39-24(36)35-34-12-15-4-6-16(7-5-15)23(31)33-14-32-17-8-10-18(11-9-17)38-25(28,29)30/h1-12,14H,13H2,(H2,31,32,33)/b34-12+,35-24-. The van der Waals surface area contributed by atoms with Crippen LogP contribution < -0.4 is 15.4 Å². The highest BCUT2D eigenvalue weighted by Gasteiger charge is 2.32. The fraction of sp³-hybridized carbons (Fsp3) is 0.0800. The van der Waals surface area contributed by atoms with E-state index >= 15 is 0 Å². The summed E-state index contributed by atoms with van der Waals surface area (Å²) in [5.74, 6) is 0.00707. The number of ether oxygens (including phenoxy) is 1. The van der Waals surface area contributed by atoms with Crippen molar-refractivity contribution in [2.45, 2.75) is 6.36 Å². The second-order valence-corrected chi connectivity index (χ2v) is 10.3. The summed E-state index contributed by atoms with van der Waals surface area (Å²) in [5.41, 5.74) is 8.41. The number of anilines is 1. The Hall–Kier alpha value is -3.49. The zero-order valence-electron chi connectivity index (χ0n) is 19.6. The van der Waals surface area contributed by atoms with E-state index in [1.165, 1.54) is 35.1 Å². The lowest BCUT2D eigenvalue weighted by molar-refractivity contribution is -0.274. The van der Waals surface area contributed by atoms with Gasteiger partial charge in [0.1, 0.15) is 17.9 Å². The van der Waals surface area contributed by atoms with Crippen LogP contribution in [0.5, 0.6) is 5.75 Å². The molecule has 0 unspecified atom stereocenters. The number of hydrogen-bond donors (Lipinski definition) is 1. The lowest BCUT2D eigenvalue weighted by Gasteiger charge is -2.18. The number of hydrogen-bond acceptors (Lipinski definition) is 6. The van der Waals surface area contributed by atoms with E-state index in [1.54, 1.807) is 30.5 Å². The number of benzene rings is 3. The fourth-order valence-electron chi connectivity index (χ4n) is 3.21. The molecular formula is C25H17Br2F3N6O2S. The zero-order valence-corrected chi connectivity index (χ0v) is 23.6. The molecule has 0 saturated carbocycles. The molecule has 14 heteroatoms. The van der Waals surface area contributed by atoms with Gasteiger partial charge in [0.25, 0.3) is 0 Å². The van der Waals surface area contributed by atoms with Crippen molar-refractivity contribution in [1.82, 2.24) is 0 Å². The quantitative estimate of drug-likeness (QED) is 0.171. The zero-order chi connectivity index (χ0) is 28.0. The van der Waals surface area contributed by atoms with Crippen molar-refractivity contribution >= 4 is 84.5 Å². The first kappa shape index (κ1) is 28.5. The Labute approximate surface area is 241 Å². The number of aliphatic imine (C=N–C) groups is 2. The van der Waals surface area contributed by atoms with Gasteiger partial charge >= 0.3 is 6.36 Å². The van der Waals surface area contributed by atoms with E-state index in [9.17, 15) is 18.0 Å². The molecule has 1 aliphatic heterocycles. The summed E-state index contributed by atoms with van der Waals surface area (Å²) in [4.78, 5) is 22.1. The Morgan fingerprint density at radius 1 is 1.03 bits per heavy atom. The maximum absolute atomic E-state index is 12.5. The first-order chi connectivity index (χ1) is 18.6. The Bertz CT molecular complexity index is 1460. The molecule has 1 heterocycles. The Kier molecular flexibility index (Phi) is 9.20. The highest BCUT2D eigenvalue weighted by atomic mass is 79.9. The van der Waals surface area contributed by atoms with Gasteiger partial charge < -0.3 is 10.5 Å². The summed E-state index contributed by atoms with van der Waals surface area (Å²) in [7, 11) is 0. The summed E-state index contributed by atoms with van der Waals surface area (Å²) in [6.45, 7) is 0. The summed E-state index contributed by atoms with van der Waals surface area (Å²) >= 11 is 8.26. The summed E-state index contributed by atoms with van der Waals surface area (Å²) in [6, 6.07) is 17.6. The van der Waals surface area contributed by atoms with Crippen molar-refractivity contribution in [3.63, 3.8) is 0 Å². The van der Waals surface area contributed by atoms with Crippen molar-refractivity contribution < 1.29 is 22.7 Å². The third-order valence-corrected chi connectivity index (χ3v) is 7.15. The van der Waals surface area contributed by atoms with E-state index in [4.69, 9.17) is 5.73 Å². The molecule has 0 aliphatic carbocycles. The highest BCUT2D eigenvalue weighted by molar-refractivity contribution is 9.11. The lowest BCUT2D eigenvalue weighted by atomic mass is 10.1. The number of carbonyl (C=O) groups excluding carboxylic acids is 1. The molecule has 4 rings (SSSR count). The van der Waals surface area contributed by atoms with Gasteiger partial charge in [0.05, 0.1) is 23.3 Å². The molecule has 1 saturated heterocycles. The maximum atomic E-state index is 12.5. The van der Waals surface area contributed by atoms with E-state index in [0.717, 1.165) is 26.6 Å². The first-order valence-electron chi connectivity index (χ1n) is 10.9. The topological polar surface area (TPSA) is 105 Å². The monoisotopic (exact) mass is 680 g/mol. The molecule has 1 aliphatic rings. The van der Waals surface area contributed by atoms with Crippen LogP contribution in [0.2, 0.25) is 0 Å². The van der Waals surface area contributed by atoms with E-state index in [-0.39, 0.29) is 23.2 Å². The molecule has 8 nitrogen and oxygen atoms in total. The van der Waals surface area contributed by atoms with E-state index in [1.807, 2.05) is 18.2 Å². The van der Waals surface area contributed by atoms with Crippen molar-refractivity contribution in [1.29, 1.82) is 0 Å². The van der Waals surface area contributed by atoms with Gasteiger partial charge in [-0.05, 0) is 73.8 Å². The predicted molar refractivity (Wildman–Crippen MR) is 155 cm³/mol. The minimum atomic E-state index is -4.76. The van der Waals surface area contributed by atoms with Gasteiger partial charge in [-0.15, -0.1) is 18.3 Å². The van der Waals surface area contributed by atoms with E-state index in [2.05, 4.69) is 56.8 Å². The van der Waals surface area contributed by atoms with Gasteiger partial charge in [0.15, 0.2) is 5.17 Å². The van der Waals surface area contributed by atoms with Crippen molar-refractivity contribution in [2.24, 2.45) is 25.9 Å². The van der Waals surface area contributed by atoms with Gasteiger partial charge in [-0.1, -0.05) is 42.1 Å². The number of para-hydroxylation sites is 1. The fourth-order valence-corrected chi connectivity index (χ4v) is 5.37. The third-order valence-electron chi connectivity index (χ3n) is 4.96. The molecule has 0 radical (unpaired) electrons. The molecule has 3 aromatic carbocycles. The number of amidine groups is 2. The van der Waals surface area contributed by atoms with E-state index < -0.39 is 6.36 Å². The number of thioether (sulfide) groups is 1. The highest BCUT2D eigenvalue weighted by Crippen LogP contribution is 2.38. The first-order valence-corrected chi connectivity index (χ1v) is 13.5. The van der Waals surface area contributed by atoms with Gasteiger partial charge in [-0.2, -0.15) is 5.10 Å². The summed E-state index contributed by atoms with van der Waals surface area (Å²) in [6.07, 6.45) is -2.00. The van der Waals surface area contributed by atoms with Crippen LogP contribution in [0.4, 0.5) is 24.5 Å². The van der Waals surface area contributed by atoms with Gasteiger partial charge in [0, 0.05) is 14.5 Å². The van der Waals surface area contributed by atoms with E-state index in [0.29, 0.717) is 22.1 Å². The summed E-state index contributed by atoms with van der Waals surface area (Å²) in [5, 5.41) is 8.84. The molecule has 1 amide bonds. The number of nitrogens with two attached hydrogens (primary N) is 1. The van der Waals surface area contributed by atoms with Crippen LogP contribution in [0.3, 0.4) is 0 Å². The van der Waals surface area contributed by atoms with Gasteiger partial charge in [0.2, 0.25) is 5.91 Å². The van der Waals surface area contributed by atoms with Crippen LogP contribution in [0, 0.1) is 0 Å². The smallest absolute Gasteiger partial charge is 0.406 e. The Balaban J connectivity index is 1.39. The largest absolute Gasteiger partial charge is 0.573 e. The maximum Gasteiger partial charge on any atom is 0.573 e.